The minimum Gasteiger partial charge on any atom is -0.456 e. The molecule has 0 saturated carbocycles. The molecule has 0 aromatic heterocycles. The summed E-state index contributed by atoms with van der Waals surface area (Å²) in [6.07, 6.45) is 0. The van der Waals surface area contributed by atoms with Crippen molar-refractivity contribution in [2.75, 3.05) is 0 Å². The van der Waals surface area contributed by atoms with E-state index in [0.29, 0.717) is 0 Å². The monoisotopic (exact) mass is 372 g/mol. The zero-order valence-electron chi connectivity index (χ0n) is 16.5. The minimum absolute atomic E-state index is 0.920. The second-order valence-corrected chi connectivity index (χ2v) is 7.94. The molecule has 1 heteroatoms. The van der Waals surface area contributed by atoms with Crippen molar-refractivity contribution in [3.05, 3.63) is 118 Å². The van der Waals surface area contributed by atoms with E-state index in [1.807, 2.05) is 12.1 Å². The van der Waals surface area contributed by atoms with Gasteiger partial charge in [0.2, 0.25) is 0 Å². The lowest BCUT2D eigenvalue weighted by atomic mass is 9.86. The Morgan fingerprint density at radius 2 is 0.897 bits per heavy atom. The lowest BCUT2D eigenvalue weighted by Crippen LogP contribution is -2.04. The van der Waals surface area contributed by atoms with Gasteiger partial charge in [0.15, 0.2) is 0 Å². The van der Waals surface area contributed by atoms with Crippen LogP contribution in [0.4, 0.5) is 0 Å². The highest BCUT2D eigenvalue weighted by Gasteiger charge is 2.31. The smallest absolute Gasteiger partial charge is 0.135 e. The standard InChI is InChI=1S/C28H20O/c1-17-11-13-19-20-14-12-18(2)16-24(20)28(23(19)15-17)27-21-7-3-5-9-25(21)29-26-10-6-4-8-22(26)27/h3-16H,1-2H3. The molecule has 4 aromatic carbocycles. The molecule has 0 unspecified atom stereocenters. The summed E-state index contributed by atoms with van der Waals surface area (Å²) in [5, 5.41) is 0. The lowest BCUT2D eigenvalue weighted by molar-refractivity contribution is 0.474. The number of ether oxygens (including phenoxy) is 1. The molecule has 0 radical (unpaired) electrons. The van der Waals surface area contributed by atoms with E-state index >= 15 is 0 Å². The van der Waals surface area contributed by atoms with Gasteiger partial charge in [-0.25, -0.2) is 0 Å². The largest absolute Gasteiger partial charge is 0.456 e. The number of aryl methyl sites for hydroxylation is 2. The highest BCUT2D eigenvalue weighted by Crippen LogP contribution is 2.53. The topological polar surface area (TPSA) is 9.23 Å². The van der Waals surface area contributed by atoms with Gasteiger partial charge in [0, 0.05) is 16.7 Å². The molecule has 0 amide bonds. The van der Waals surface area contributed by atoms with Gasteiger partial charge >= 0.3 is 0 Å². The molecule has 1 heterocycles. The Kier molecular flexibility index (Phi) is 3.36. The SMILES string of the molecule is Cc1ccc2c(c1)C(=C1c3ccccc3Oc3ccccc31)c1cc(C)ccc1-2. The Labute approximate surface area is 170 Å². The van der Waals surface area contributed by atoms with Gasteiger partial charge in [0.25, 0.3) is 0 Å². The van der Waals surface area contributed by atoms with Crippen molar-refractivity contribution in [3.8, 4) is 22.6 Å². The van der Waals surface area contributed by atoms with Gasteiger partial charge in [0.1, 0.15) is 11.5 Å². The number of benzene rings is 4. The average Bonchev–Trinajstić information content (AvgIpc) is 3.04. The van der Waals surface area contributed by atoms with Crippen LogP contribution in [-0.2, 0) is 0 Å². The second kappa shape index (κ2) is 5.96. The predicted octanol–water partition coefficient (Wildman–Crippen LogP) is 7.40. The first-order chi connectivity index (χ1) is 14.2. The van der Waals surface area contributed by atoms with Gasteiger partial charge in [0.05, 0.1) is 0 Å². The van der Waals surface area contributed by atoms with Gasteiger partial charge in [-0.1, -0.05) is 83.9 Å². The van der Waals surface area contributed by atoms with Crippen LogP contribution in [0.25, 0.3) is 22.3 Å². The molecule has 0 fully saturated rings. The van der Waals surface area contributed by atoms with Gasteiger partial charge < -0.3 is 4.74 Å². The van der Waals surface area contributed by atoms with Crippen molar-refractivity contribution in [1.29, 1.82) is 0 Å². The van der Waals surface area contributed by atoms with Crippen LogP contribution in [0.3, 0.4) is 0 Å². The van der Waals surface area contributed by atoms with Crippen LogP contribution in [0.1, 0.15) is 33.4 Å². The molecule has 1 aliphatic heterocycles. The van der Waals surface area contributed by atoms with Crippen LogP contribution in [-0.4, -0.2) is 0 Å². The van der Waals surface area contributed by atoms with Crippen molar-refractivity contribution in [2.45, 2.75) is 13.8 Å². The van der Waals surface area contributed by atoms with E-state index in [1.165, 1.54) is 44.5 Å². The van der Waals surface area contributed by atoms with Gasteiger partial charge in [-0.2, -0.15) is 0 Å². The Bertz CT molecular complexity index is 1240. The molecule has 0 atom stereocenters. The van der Waals surface area contributed by atoms with E-state index in [2.05, 4.69) is 86.6 Å². The van der Waals surface area contributed by atoms with Gasteiger partial charge in [-0.15, -0.1) is 0 Å². The van der Waals surface area contributed by atoms with E-state index in [9.17, 15) is 0 Å². The van der Waals surface area contributed by atoms with E-state index < -0.39 is 0 Å². The van der Waals surface area contributed by atoms with Crippen LogP contribution in [0, 0.1) is 13.8 Å². The summed E-state index contributed by atoms with van der Waals surface area (Å²) in [6, 6.07) is 30.4. The summed E-state index contributed by atoms with van der Waals surface area (Å²) < 4.78 is 6.26. The number of fused-ring (bicyclic) bond motifs is 5. The van der Waals surface area contributed by atoms with Crippen molar-refractivity contribution in [3.63, 3.8) is 0 Å². The van der Waals surface area contributed by atoms with E-state index in [4.69, 9.17) is 4.74 Å². The third-order valence-electron chi connectivity index (χ3n) is 5.96. The Balaban J connectivity index is 1.81. The number of rotatable bonds is 0. The zero-order valence-corrected chi connectivity index (χ0v) is 16.5. The molecular weight excluding hydrogens is 352 g/mol. The van der Waals surface area contributed by atoms with Crippen LogP contribution in [0.5, 0.6) is 11.5 Å². The molecule has 1 nitrogen and oxygen atoms in total. The summed E-state index contributed by atoms with van der Waals surface area (Å²) in [5.74, 6) is 1.84. The molecule has 138 valence electrons. The summed E-state index contributed by atoms with van der Waals surface area (Å²) in [6.45, 7) is 4.34. The Morgan fingerprint density at radius 3 is 1.41 bits per heavy atom. The molecule has 2 aliphatic rings. The van der Waals surface area contributed by atoms with E-state index in [0.717, 1.165) is 22.6 Å². The summed E-state index contributed by atoms with van der Waals surface area (Å²) in [5.41, 5.74) is 12.7. The second-order valence-electron chi connectivity index (χ2n) is 7.94. The fraction of sp³-hybridized carbons (Fsp3) is 0.0714. The first kappa shape index (κ1) is 16.4. The molecule has 0 saturated heterocycles. The summed E-state index contributed by atoms with van der Waals surface area (Å²) in [4.78, 5) is 0. The zero-order chi connectivity index (χ0) is 19.5. The van der Waals surface area contributed by atoms with E-state index in [-0.39, 0.29) is 0 Å². The third kappa shape index (κ3) is 2.34. The molecule has 29 heavy (non-hydrogen) atoms. The first-order valence-electron chi connectivity index (χ1n) is 10.0. The number of hydrogen-bond acceptors (Lipinski definition) is 1. The van der Waals surface area contributed by atoms with Gasteiger partial charge in [-0.05, 0) is 53.8 Å². The predicted molar refractivity (Wildman–Crippen MR) is 119 cm³/mol. The molecule has 0 spiro atoms. The molecule has 1 aliphatic carbocycles. The average molecular weight is 372 g/mol. The van der Waals surface area contributed by atoms with Crippen LogP contribution >= 0.6 is 0 Å². The van der Waals surface area contributed by atoms with E-state index in [1.54, 1.807) is 0 Å². The molecular formula is C28H20O. The minimum atomic E-state index is 0.920. The first-order valence-corrected chi connectivity index (χ1v) is 10.0. The molecule has 0 N–H and O–H groups in total. The highest BCUT2D eigenvalue weighted by atomic mass is 16.5. The van der Waals surface area contributed by atoms with Crippen molar-refractivity contribution < 1.29 is 4.74 Å². The van der Waals surface area contributed by atoms with Crippen molar-refractivity contribution in [1.82, 2.24) is 0 Å². The van der Waals surface area contributed by atoms with Crippen LogP contribution < -0.4 is 4.74 Å². The number of para-hydroxylation sites is 2. The Hall–Kier alpha value is -3.58. The molecule has 6 rings (SSSR count). The maximum atomic E-state index is 6.26. The summed E-state index contributed by atoms with van der Waals surface area (Å²) >= 11 is 0. The quantitative estimate of drug-likeness (QED) is 0.270. The molecule has 0 bridgehead atoms. The fourth-order valence-corrected chi connectivity index (χ4v) is 4.67. The lowest BCUT2D eigenvalue weighted by Gasteiger charge is -2.25. The Morgan fingerprint density at radius 1 is 0.448 bits per heavy atom. The highest BCUT2D eigenvalue weighted by molar-refractivity contribution is 6.15. The van der Waals surface area contributed by atoms with Crippen LogP contribution in [0.2, 0.25) is 0 Å². The van der Waals surface area contributed by atoms with Gasteiger partial charge in [-0.3, -0.25) is 0 Å². The fourth-order valence-electron chi connectivity index (χ4n) is 4.67. The van der Waals surface area contributed by atoms with Crippen molar-refractivity contribution >= 4 is 11.1 Å². The maximum absolute atomic E-state index is 6.26. The number of hydrogen-bond donors (Lipinski definition) is 0. The summed E-state index contributed by atoms with van der Waals surface area (Å²) in [7, 11) is 0. The third-order valence-corrected chi connectivity index (χ3v) is 5.96. The van der Waals surface area contributed by atoms with Crippen molar-refractivity contribution in [2.24, 2.45) is 0 Å². The maximum Gasteiger partial charge on any atom is 0.135 e. The normalized spacial score (nSPS) is 13.3. The molecule has 4 aromatic rings. The van der Waals surface area contributed by atoms with Crippen LogP contribution in [0.15, 0.2) is 84.9 Å².